The fourth-order valence-electron chi connectivity index (χ4n) is 8.29. The van der Waals surface area contributed by atoms with Crippen LogP contribution in [0.5, 0.6) is 0 Å². The average molecular weight is 638 g/mol. The minimum atomic E-state index is -3.07. The van der Waals surface area contributed by atoms with E-state index >= 15 is 4.57 Å². The number of anilines is 3. The Morgan fingerprint density at radius 1 is 0.468 bits per heavy atom. The number of benzene rings is 7. The molecule has 0 saturated carbocycles. The summed E-state index contributed by atoms with van der Waals surface area (Å²) in [5.74, 6) is 0. The van der Waals surface area contributed by atoms with Crippen LogP contribution in [0.3, 0.4) is 0 Å². The maximum absolute atomic E-state index is 15.3. The Morgan fingerprint density at radius 2 is 0.979 bits per heavy atom. The number of hydrogen-bond donors (Lipinski definition) is 0. The van der Waals surface area contributed by atoms with E-state index in [1.807, 2.05) is 48.5 Å². The van der Waals surface area contributed by atoms with Gasteiger partial charge in [-0.05, 0) is 75.8 Å². The normalized spacial score (nSPS) is 17.6. The molecule has 2 nitrogen and oxygen atoms in total. The van der Waals surface area contributed by atoms with Crippen molar-refractivity contribution in [1.29, 1.82) is 0 Å². The van der Waals surface area contributed by atoms with Gasteiger partial charge in [-0.25, -0.2) is 0 Å². The van der Waals surface area contributed by atoms with E-state index in [0.29, 0.717) is 0 Å². The lowest BCUT2D eigenvalue weighted by Gasteiger charge is -2.45. The molecule has 1 aliphatic carbocycles. The molecular weight excluding hydrogens is 610 g/mol. The summed E-state index contributed by atoms with van der Waals surface area (Å²) in [6.07, 6.45) is 0. The van der Waals surface area contributed by atoms with Crippen molar-refractivity contribution in [3.8, 4) is 11.1 Å². The maximum atomic E-state index is 15.3. The second kappa shape index (κ2) is 9.96. The van der Waals surface area contributed by atoms with E-state index in [-0.39, 0.29) is 0 Å². The van der Waals surface area contributed by atoms with Crippen LogP contribution in [0, 0.1) is 0 Å². The van der Waals surface area contributed by atoms with Crippen LogP contribution >= 0.6 is 18.9 Å². The Bertz CT molecular complexity index is 2360. The predicted molar refractivity (Wildman–Crippen MR) is 196 cm³/mol. The Labute approximate surface area is 278 Å². The Morgan fingerprint density at radius 3 is 1.64 bits per heavy atom. The quantitative estimate of drug-likeness (QED) is 0.176. The van der Waals surface area contributed by atoms with Crippen molar-refractivity contribution in [2.75, 3.05) is 4.90 Å². The molecule has 0 fully saturated rings. The zero-order valence-electron chi connectivity index (χ0n) is 25.4. The van der Waals surface area contributed by atoms with Crippen LogP contribution in [0.15, 0.2) is 180 Å². The highest BCUT2D eigenvalue weighted by atomic mass is 32.2. The molecule has 1 atom stereocenters. The van der Waals surface area contributed by atoms with Crippen molar-refractivity contribution in [2.24, 2.45) is 0 Å². The van der Waals surface area contributed by atoms with Crippen LogP contribution in [0.2, 0.25) is 0 Å². The van der Waals surface area contributed by atoms with Gasteiger partial charge in [0.1, 0.15) is 0 Å². The van der Waals surface area contributed by atoms with Crippen molar-refractivity contribution in [3.63, 3.8) is 0 Å². The topological polar surface area (TPSA) is 20.3 Å². The zero-order valence-corrected chi connectivity index (χ0v) is 27.1. The molecular formula is C43H28NOPS. The van der Waals surface area contributed by atoms with Gasteiger partial charge in [0.05, 0.1) is 16.8 Å². The fourth-order valence-corrected chi connectivity index (χ4v) is 13.0. The first-order chi connectivity index (χ1) is 23.2. The standard InChI is InChI=1S/C43H28NOPS/c45-46(30-14-2-1-3-15-30)39-24-12-13-25-41(39)47-42-28-29(26-27-40(42)46)44-37-22-10-8-20-35(37)43(36-21-9-11-23-38(36)44)33-18-6-4-16-31(33)32-17-5-7-19-34(32)43/h1-28H. The monoisotopic (exact) mass is 637 g/mol. The molecule has 7 aromatic carbocycles. The smallest absolute Gasteiger partial charge is 0.173 e. The third-order valence-corrected chi connectivity index (χ3v) is 14.7. The summed E-state index contributed by atoms with van der Waals surface area (Å²) < 4.78 is 15.3. The van der Waals surface area contributed by atoms with Crippen LogP contribution in [0.25, 0.3) is 11.1 Å². The minimum absolute atomic E-state index is 0.443. The summed E-state index contributed by atoms with van der Waals surface area (Å²) >= 11 is 1.72. The molecule has 1 unspecified atom stereocenters. The molecule has 222 valence electrons. The van der Waals surface area contributed by atoms with E-state index in [2.05, 4.69) is 126 Å². The number of fused-ring (bicyclic) bond motifs is 11. The summed E-state index contributed by atoms with van der Waals surface area (Å²) in [7, 11) is -3.07. The van der Waals surface area contributed by atoms with Crippen LogP contribution in [-0.2, 0) is 9.98 Å². The maximum Gasteiger partial charge on any atom is 0.173 e. The van der Waals surface area contributed by atoms with Crippen LogP contribution in [0.1, 0.15) is 22.3 Å². The largest absolute Gasteiger partial charge is 0.310 e. The van der Waals surface area contributed by atoms with Crippen molar-refractivity contribution >= 4 is 51.9 Å². The lowest BCUT2D eigenvalue weighted by molar-refractivity contribution is 0.591. The molecule has 0 radical (unpaired) electrons. The zero-order chi connectivity index (χ0) is 31.2. The Hall–Kier alpha value is -5.08. The molecule has 0 N–H and O–H groups in total. The summed E-state index contributed by atoms with van der Waals surface area (Å²) in [4.78, 5) is 4.51. The van der Waals surface area contributed by atoms with Crippen LogP contribution < -0.4 is 20.8 Å². The van der Waals surface area contributed by atoms with E-state index in [9.17, 15) is 0 Å². The number of para-hydroxylation sites is 2. The fraction of sp³-hybridized carbons (Fsp3) is 0.0233. The highest BCUT2D eigenvalue weighted by Gasteiger charge is 2.51. The van der Waals surface area contributed by atoms with Gasteiger partial charge in [0.2, 0.25) is 0 Å². The second-order valence-electron chi connectivity index (χ2n) is 12.4. The van der Waals surface area contributed by atoms with Crippen LogP contribution in [-0.4, -0.2) is 0 Å². The third-order valence-electron chi connectivity index (χ3n) is 10.1. The number of nitrogens with zero attached hydrogens (tertiary/aromatic N) is 1. The highest BCUT2D eigenvalue weighted by Crippen LogP contribution is 2.63. The summed E-state index contributed by atoms with van der Waals surface area (Å²) in [5.41, 5.74) is 10.7. The average Bonchev–Trinajstić information content (AvgIpc) is 3.43. The van der Waals surface area contributed by atoms with Gasteiger partial charge in [-0.2, -0.15) is 0 Å². The molecule has 47 heavy (non-hydrogen) atoms. The SMILES string of the molecule is O=P1(c2ccccc2)c2ccccc2Sc2cc(N3c4ccccc4C4(c5ccccc5-c5ccccc54)c4ccccc43)ccc21. The van der Waals surface area contributed by atoms with Gasteiger partial charge in [0.15, 0.2) is 7.14 Å². The molecule has 1 spiro atoms. The minimum Gasteiger partial charge on any atom is -0.310 e. The van der Waals surface area contributed by atoms with E-state index in [1.54, 1.807) is 11.8 Å². The lowest BCUT2D eigenvalue weighted by Crippen LogP contribution is -2.36. The van der Waals surface area contributed by atoms with Crippen molar-refractivity contribution in [1.82, 2.24) is 0 Å². The predicted octanol–water partition coefficient (Wildman–Crippen LogP) is 9.94. The first kappa shape index (κ1) is 27.1. The van der Waals surface area contributed by atoms with Crippen molar-refractivity contribution in [2.45, 2.75) is 15.2 Å². The number of rotatable bonds is 2. The van der Waals surface area contributed by atoms with Gasteiger partial charge in [-0.15, -0.1) is 0 Å². The first-order valence-corrected chi connectivity index (χ1v) is 18.5. The summed E-state index contributed by atoms with van der Waals surface area (Å²) in [6, 6.07) is 60.3. The van der Waals surface area contributed by atoms with Crippen molar-refractivity contribution < 1.29 is 4.57 Å². The van der Waals surface area contributed by atoms with Crippen molar-refractivity contribution in [3.05, 3.63) is 192 Å². The second-order valence-corrected chi connectivity index (χ2v) is 16.2. The molecule has 0 saturated heterocycles. The van der Waals surface area contributed by atoms with E-state index < -0.39 is 12.6 Å². The van der Waals surface area contributed by atoms with Gasteiger partial charge in [0, 0.05) is 31.4 Å². The third kappa shape index (κ3) is 3.51. The van der Waals surface area contributed by atoms with E-state index in [1.165, 1.54) is 33.4 Å². The van der Waals surface area contributed by atoms with Gasteiger partial charge in [0.25, 0.3) is 0 Å². The molecule has 10 rings (SSSR count). The molecule has 3 aliphatic rings. The van der Waals surface area contributed by atoms with Gasteiger partial charge in [-0.3, -0.25) is 0 Å². The lowest BCUT2D eigenvalue weighted by atomic mass is 9.64. The van der Waals surface area contributed by atoms with E-state index in [0.717, 1.165) is 42.8 Å². The molecule has 0 amide bonds. The van der Waals surface area contributed by atoms with Gasteiger partial charge in [-0.1, -0.05) is 139 Å². The molecule has 2 aliphatic heterocycles. The first-order valence-electron chi connectivity index (χ1n) is 16.0. The molecule has 0 bridgehead atoms. The molecule has 4 heteroatoms. The van der Waals surface area contributed by atoms with Gasteiger partial charge >= 0.3 is 0 Å². The number of hydrogen-bond acceptors (Lipinski definition) is 3. The Kier molecular flexibility index (Phi) is 5.74. The summed E-state index contributed by atoms with van der Waals surface area (Å²) in [5, 5.41) is 2.70. The van der Waals surface area contributed by atoms with E-state index in [4.69, 9.17) is 0 Å². The van der Waals surface area contributed by atoms with Gasteiger partial charge < -0.3 is 9.46 Å². The Balaban J connectivity index is 1.23. The van der Waals surface area contributed by atoms with Crippen LogP contribution in [0.4, 0.5) is 17.1 Å². The molecule has 0 aromatic heterocycles. The highest BCUT2D eigenvalue weighted by molar-refractivity contribution is 8.02. The molecule has 2 heterocycles. The molecule has 7 aromatic rings. The summed E-state index contributed by atoms with van der Waals surface area (Å²) in [6.45, 7) is 0.